The van der Waals surface area contributed by atoms with E-state index < -0.39 is 0 Å². The highest BCUT2D eigenvalue weighted by Gasteiger charge is 2.09. The number of halogens is 3. The first-order chi connectivity index (χ1) is 26.9. The molecule has 0 unspecified atom stereocenters. The van der Waals surface area contributed by atoms with Crippen LogP contribution in [0.1, 0.15) is 16.7 Å². The maximum absolute atomic E-state index is 9.56. The summed E-state index contributed by atoms with van der Waals surface area (Å²) in [6.45, 7) is 5.85. The molecule has 15 heteroatoms. The largest absolute Gasteiger partial charge is 0.508 e. The van der Waals surface area contributed by atoms with Gasteiger partial charge < -0.3 is 15.3 Å². The number of azo groups is 2. The highest BCUT2D eigenvalue weighted by atomic mass is 79.9. The minimum absolute atomic E-state index is 0.217. The first-order valence-electron chi connectivity index (χ1n) is 16.9. The van der Waals surface area contributed by atoms with Crippen LogP contribution >= 0.6 is 69.9 Å². The number of thiazole rings is 2. The molecule has 0 aliphatic heterocycles. The Balaban J connectivity index is 0.000000174. The van der Waals surface area contributed by atoms with Gasteiger partial charge in [-0.05, 0) is 147 Å². The minimum atomic E-state index is 0.217. The molecule has 0 fully saturated rings. The van der Waals surface area contributed by atoms with Crippen LogP contribution in [-0.2, 0) is 0 Å². The van der Waals surface area contributed by atoms with Gasteiger partial charge in [-0.3, -0.25) is 0 Å². The van der Waals surface area contributed by atoms with E-state index in [2.05, 4.69) is 97.8 Å². The average molecular weight is 971 g/mol. The van der Waals surface area contributed by atoms with Gasteiger partial charge in [0.15, 0.2) is 0 Å². The van der Waals surface area contributed by atoms with Crippen LogP contribution < -0.4 is 0 Å². The monoisotopic (exact) mass is 968 g/mol. The summed E-state index contributed by atoms with van der Waals surface area (Å²) in [5.74, 6) is 0.668. The van der Waals surface area contributed by atoms with Crippen molar-refractivity contribution in [3.63, 3.8) is 0 Å². The van der Waals surface area contributed by atoms with Crippen molar-refractivity contribution < 1.29 is 15.3 Å². The van der Waals surface area contributed by atoms with Gasteiger partial charge >= 0.3 is 3.18 Å². The number of aryl methyl sites for hydroxylation is 3. The maximum atomic E-state index is 9.56. The van der Waals surface area contributed by atoms with Crippen molar-refractivity contribution in [3.05, 3.63) is 138 Å². The van der Waals surface area contributed by atoms with E-state index in [9.17, 15) is 15.3 Å². The summed E-state index contributed by atoms with van der Waals surface area (Å²) in [6, 6.07) is 37.1. The Morgan fingerprint density at radius 1 is 0.482 bits per heavy atom. The SMILES string of the molecule is BrB(Br)Br.Cc1cc(O)ccc1N=Nc1ccc(-c2nc3cc(O)ccc3s2)cc1.Cc1ccc2sc(-c3ccc(N=Nc4ccc(O)cc4C)cc3)nc2c1. The van der Waals surface area contributed by atoms with Gasteiger partial charge in [-0.15, -0.1) is 69.9 Å². The summed E-state index contributed by atoms with van der Waals surface area (Å²) < 4.78 is 2.49. The van der Waals surface area contributed by atoms with Crippen LogP contribution in [0, 0.1) is 20.8 Å². The highest BCUT2D eigenvalue weighted by Crippen LogP contribution is 2.34. The number of hydrogen-bond donors (Lipinski definition) is 3. The molecule has 6 aromatic carbocycles. The lowest BCUT2D eigenvalue weighted by Crippen LogP contribution is -1.76. The second kappa shape index (κ2) is 18.9. The predicted molar refractivity (Wildman–Crippen MR) is 243 cm³/mol. The van der Waals surface area contributed by atoms with Crippen molar-refractivity contribution in [2.75, 3.05) is 0 Å². The Bertz CT molecular complexity index is 2490. The minimum Gasteiger partial charge on any atom is -0.508 e. The van der Waals surface area contributed by atoms with E-state index >= 15 is 0 Å². The smallest absolute Gasteiger partial charge is 0.369 e. The van der Waals surface area contributed by atoms with Crippen molar-refractivity contribution in [3.8, 4) is 38.4 Å². The van der Waals surface area contributed by atoms with Crippen LogP contribution in [0.3, 0.4) is 0 Å². The standard InChI is InChI=1S/C21H17N3OS.C20H15N3O2S.BBr3/c1-13-3-10-20-19(11-13)22-21(26-20)15-4-6-16(7-5-15)23-24-18-9-8-17(25)12-14(18)2;1-12-10-15(24)6-8-17(12)23-22-14-4-2-13(3-5-14)20-21-18-11-16(25)7-9-19(18)26-20;2-1(3)4/h3-12,25H,1-2H3;2-11,24-25H,1H3;. The third-order valence-corrected chi connectivity index (χ3v) is 10.2. The zero-order valence-corrected chi connectivity index (χ0v) is 36.5. The van der Waals surface area contributed by atoms with Crippen molar-refractivity contribution in [1.29, 1.82) is 0 Å². The fraction of sp³-hybridized carbons (Fsp3) is 0.0732. The molecule has 8 rings (SSSR count). The Labute approximate surface area is 356 Å². The predicted octanol–water partition coefficient (Wildman–Crippen LogP) is 15.0. The van der Waals surface area contributed by atoms with Crippen LogP contribution in [0.2, 0.25) is 0 Å². The number of fused-ring (bicyclic) bond motifs is 2. The molecule has 0 aliphatic carbocycles. The van der Waals surface area contributed by atoms with E-state index in [0.717, 1.165) is 70.8 Å². The number of hydrogen-bond acceptors (Lipinski definition) is 11. The maximum Gasteiger partial charge on any atom is 0.369 e. The van der Waals surface area contributed by atoms with Crippen molar-refractivity contribution in [2.24, 2.45) is 20.5 Å². The first-order valence-corrected chi connectivity index (χ1v) is 21.3. The van der Waals surface area contributed by atoms with E-state index in [1.165, 1.54) is 10.3 Å². The molecule has 0 atom stereocenters. The molecule has 0 aliphatic rings. The van der Waals surface area contributed by atoms with E-state index in [0.29, 0.717) is 0 Å². The van der Waals surface area contributed by atoms with E-state index in [1.54, 1.807) is 71.2 Å². The number of phenols is 3. The number of benzene rings is 6. The molecule has 0 radical (unpaired) electrons. The van der Waals surface area contributed by atoms with E-state index in [-0.39, 0.29) is 20.4 Å². The summed E-state index contributed by atoms with van der Waals surface area (Å²) in [5.41, 5.74) is 9.83. The van der Waals surface area contributed by atoms with E-state index in [4.69, 9.17) is 4.98 Å². The molecule has 0 bridgehead atoms. The zero-order valence-electron chi connectivity index (χ0n) is 30.1. The Morgan fingerprint density at radius 3 is 1.32 bits per heavy atom. The Kier molecular flexibility index (Phi) is 13.8. The summed E-state index contributed by atoms with van der Waals surface area (Å²) in [4.78, 5) is 9.30. The number of phenolic OH excluding ortho intramolecular Hbond substituents is 3. The normalized spacial score (nSPS) is 11.1. The van der Waals surface area contributed by atoms with Gasteiger partial charge in [0.25, 0.3) is 0 Å². The molecule has 0 spiro atoms. The summed E-state index contributed by atoms with van der Waals surface area (Å²) in [7, 11) is 0. The molecule has 56 heavy (non-hydrogen) atoms. The molecule has 2 aromatic heterocycles. The third-order valence-electron chi connectivity index (χ3n) is 8.05. The van der Waals surface area contributed by atoms with Gasteiger partial charge in [-0.1, -0.05) is 6.07 Å². The molecule has 9 nitrogen and oxygen atoms in total. The van der Waals surface area contributed by atoms with Crippen molar-refractivity contribution >= 4 is 116 Å². The first kappa shape index (κ1) is 40.9. The number of aromatic hydroxyl groups is 3. The van der Waals surface area contributed by atoms with Crippen LogP contribution in [-0.4, -0.2) is 28.5 Å². The third kappa shape index (κ3) is 11.2. The number of rotatable bonds is 6. The number of nitrogens with zero attached hydrogens (tertiary/aromatic N) is 6. The highest BCUT2D eigenvalue weighted by molar-refractivity contribution is 9.69. The van der Waals surface area contributed by atoms with Gasteiger partial charge in [0, 0.05) is 17.2 Å². The topological polar surface area (TPSA) is 136 Å². The lowest BCUT2D eigenvalue weighted by molar-refractivity contribution is 0.474. The molecule has 0 saturated carbocycles. The summed E-state index contributed by atoms with van der Waals surface area (Å²) >= 11 is 12.6. The molecule has 2 heterocycles. The second-order valence-corrected chi connectivity index (χ2v) is 20.8. The number of aromatic nitrogens is 2. The molecule has 0 amide bonds. The quantitative estimate of drug-likeness (QED) is 0.113. The van der Waals surface area contributed by atoms with E-state index in [1.807, 2.05) is 68.4 Å². The lowest BCUT2D eigenvalue weighted by atomic mass is 10.2. The van der Waals surface area contributed by atoms with Crippen LogP contribution in [0.4, 0.5) is 22.7 Å². The lowest BCUT2D eigenvalue weighted by Gasteiger charge is -2.00. The molecule has 3 N–H and O–H groups in total. The zero-order chi connectivity index (χ0) is 39.8. The Hall–Kier alpha value is -4.80. The van der Waals surface area contributed by atoms with Gasteiger partial charge in [0.05, 0.1) is 43.2 Å². The average Bonchev–Trinajstić information content (AvgIpc) is 3.79. The molecular formula is C41H32BBr3N6O3S2. The van der Waals surface area contributed by atoms with Crippen LogP contribution in [0.15, 0.2) is 142 Å². The van der Waals surface area contributed by atoms with Gasteiger partial charge in [0.2, 0.25) is 0 Å². The fourth-order valence-corrected chi connectivity index (χ4v) is 7.17. The van der Waals surface area contributed by atoms with Crippen molar-refractivity contribution in [1.82, 2.24) is 9.97 Å². The van der Waals surface area contributed by atoms with Gasteiger partial charge in [-0.25, -0.2) is 9.97 Å². The van der Waals surface area contributed by atoms with Crippen molar-refractivity contribution in [2.45, 2.75) is 20.8 Å². The summed E-state index contributed by atoms with van der Waals surface area (Å²) in [6.07, 6.45) is 0. The molecular weight excluding hydrogens is 939 g/mol. The Morgan fingerprint density at radius 2 is 0.875 bits per heavy atom. The molecule has 280 valence electrons. The fourth-order valence-electron chi connectivity index (χ4n) is 5.27. The molecule has 8 aromatic rings. The summed E-state index contributed by atoms with van der Waals surface area (Å²) in [5, 5.41) is 47.4. The molecule has 0 saturated heterocycles. The van der Waals surface area contributed by atoms with Gasteiger partial charge in [-0.2, -0.15) is 20.5 Å². The van der Waals surface area contributed by atoms with Crippen LogP contribution in [0.5, 0.6) is 17.2 Å². The van der Waals surface area contributed by atoms with Crippen LogP contribution in [0.25, 0.3) is 41.6 Å². The van der Waals surface area contributed by atoms with Gasteiger partial charge in [0.1, 0.15) is 27.3 Å². The second-order valence-electron chi connectivity index (χ2n) is 12.3.